The maximum atomic E-state index is 8.71. The Labute approximate surface area is 68.4 Å². The van der Waals surface area contributed by atoms with Crippen LogP contribution in [-0.2, 0) is 9.47 Å². The quantitative estimate of drug-likeness (QED) is 0.676. The Morgan fingerprint density at radius 3 is 3.00 bits per heavy atom. The zero-order valence-corrected chi connectivity index (χ0v) is 7.21. The van der Waals surface area contributed by atoms with Crippen molar-refractivity contribution in [3.05, 3.63) is 0 Å². The molecule has 1 saturated heterocycles. The summed E-state index contributed by atoms with van der Waals surface area (Å²) in [6.45, 7) is 0.772. The summed E-state index contributed by atoms with van der Waals surface area (Å²) >= 11 is 3.24. The minimum atomic E-state index is -0.175. The molecule has 0 aromatic heterocycles. The van der Waals surface area contributed by atoms with Crippen LogP contribution in [0.25, 0.3) is 0 Å². The number of aliphatic hydroxyl groups is 1. The van der Waals surface area contributed by atoms with Crippen LogP contribution in [0, 0.1) is 0 Å². The van der Waals surface area contributed by atoms with Crippen LogP contribution in [0.4, 0.5) is 0 Å². The third-order valence-corrected chi connectivity index (χ3v) is 1.95. The van der Waals surface area contributed by atoms with E-state index in [1.165, 1.54) is 0 Å². The van der Waals surface area contributed by atoms with Crippen molar-refractivity contribution >= 4 is 15.9 Å². The van der Waals surface area contributed by atoms with E-state index in [-0.39, 0.29) is 19.0 Å². The molecule has 1 rings (SSSR count). The second-order valence-corrected chi connectivity index (χ2v) is 2.83. The van der Waals surface area contributed by atoms with Crippen molar-refractivity contribution in [2.45, 2.75) is 18.8 Å². The molecular formula is C6H11BrO3. The molecule has 1 aliphatic heterocycles. The fraction of sp³-hybridized carbons (Fsp3) is 1.00. The Morgan fingerprint density at radius 1 is 1.60 bits per heavy atom. The molecule has 4 heteroatoms. The van der Waals surface area contributed by atoms with Crippen molar-refractivity contribution in [1.29, 1.82) is 0 Å². The van der Waals surface area contributed by atoms with E-state index in [2.05, 4.69) is 15.9 Å². The number of aliphatic hydroxyl groups excluding tert-OH is 1. The highest BCUT2D eigenvalue weighted by atomic mass is 79.9. The van der Waals surface area contributed by atoms with E-state index in [9.17, 15) is 0 Å². The Bertz CT molecular complexity index is 89.0. The van der Waals surface area contributed by atoms with Crippen LogP contribution in [0.15, 0.2) is 0 Å². The summed E-state index contributed by atoms with van der Waals surface area (Å²) < 4.78 is 10.4. The van der Waals surface area contributed by atoms with E-state index in [1.54, 1.807) is 0 Å². The minimum absolute atomic E-state index is 0.0312. The third-order valence-electron chi connectivity index (χ3n) is 1.42. The second-order valence-electron chi connectivity index (χ2n) is 2.18. The lowest BCUT2D eigenvalue weighted by Gasteiger charge is -2.27. The van der Waals surface area contributed by atoms with Crippen LogP contribution in [0.2, 0.25) is 0 Å². The zero-order chi connectivity index (χ0) is 7.40. The zero-order valence-electron chi connectivity index (χ0n) is 5.62. The molecule has 0 radical (unpaired) electrons. The van der Waals surface area contributed by atoms with Crippen molar-refractivity contribution in [2.75, 3.05) is 18.5 Å². The fourth-order valence-electron chi connectivity index (χ4n) is 0.868. The average Bonchev–Trinajstić information content (AvgIpc) is 2.05. The molecule has 2 atom stereocenters. The van der Waals surface area contributed by atoms with Crippen molar-refractivity contribution in [3.8, 4) is 0 Å². The van der Waals surface area contributed by atoms with Crippen LogP contribution in [0.1, 0.15) is 6.42 Å². The van der Waals surface area contributed by atoms with E-state index in [1.807, 2.05) is 0 Å². The standard InChI is InChI=1S/C6H11BrO3/c7-3-6-9-2-1-5(4-8)10-6/h5-6,8H,1-4H2/t5-,6-/m0/s1. The number of hydrogen-bond acceptors (Lipinski definition) is 3. The number of rotatable bonds is 2. The van der Waals surface area contributed by atoms with E-state index in [4.69, 9.17) is 14.6 Å². The molecule has 0 bridgehead atoms. The summed E-state index contributed by atoms with van der Waals surface area (Å²) in [6.07, 6.45) is 0.585. The molecule has 1 heterocycles. The highest BCUT2D eigenvalue weighted by Crippen LogP contribution is 2.13. The molecule has 3 nitrogen and oxygen atoms in total. The number of alkyl halides is 1. The monoisotopic (exact) mass is 210 g/mol. The summed E-state index contributed by atoms with van der Waals surface area (Å²) in [5, 5.41) is 9.38. The lowest BCUT2D eigenvalue weighted by molar-refractivity contribution is -0.206. The van der Waals surface area contributed by atoms with E-state index >= 15 is 0 Å². The maximum Gasteiger partial charge on any atom is 0.167 e. The molecule has 1 N–H and O–H groups in total. The van der Waals surface area contributed by atoms with E-state index in [0.717, 1.165) is 6.42 Å². The summed E-state index contributed by atoms with van der Waals surface area (Å²) in [6, 6.07) is 0. The third kappa shape index (κ3) is 2.20. The largest absolute Gasteiger partial charge is 0.394 e. The molecule has 0 aromatic carbocycles. The first-order valence-corrected chi connectivity index (χ1v) is 4.43. The van der Waals surface area contributed by atoms with Crippen molar-refractivity contribution in [3.63, 3.8) is 0 Å². The number of halogens is 1. The molecule has 0 unspecified atom stereocenters. The van der Waals surface area contributed by atoms with Crippen molar-refractivity contribution < 1.29 is 14.6 Å². The Kier molecular flexibility index (Phi) is 3.62. The summed E-state index contributed by atoms with van der Waals surface area (Å²) in [7, 11) is 0. The Balaban J connectivity index is 2.25. The van der Waals surface area contributed by atoms with Crippen molar-refractivity contribution in [2.24, 2.45) is 0 Å². The van der Waals surface area contributed by atoms with Gasteiger partial charge in [-0.05, 0) is 6.42 Å². The van der Waals surface area contributed by atoms with Gasteiger partial charge in [-0.1, -0.05) is 15.9 Å². The SMILES string of the molecule is OC[C@@H]1CCO[C@H](CBr)O1. The van der Waals surface area contributed by atoms with Gasteiger partial charge >= 0.3 is 0 Å². The summed E-state index contributed by atoms with van der Waals surface area (Å²) in [5.74, 6) is 0. The molecule has 60 valence electrons. The van der Waals surface area contributed by atoms with Crippen LogP contribution in [-0.4, -0.2) is 36.0 Å². The normalized spacial score (nSPS) is 34.2. The van der Waals surface area contributed by atoms with Gasteiger partial charge in [0.15, 0.2) is 6.29 Å². The van der Waals surface area contributed by atoms with Crippen LogP contribution in [0.3, 0.4) is 0 Å². The molecule has 0 amide bonds. The van der Waals surface area contributed by atoms with Gasteiger partial charge in [-0.25, -0.2) is 0 Å². The fourth-order valence-corrected chi connectivity index (χ4v) is 1.21. The predicted molar refractivity (Wildman–Crippen MR) is 40.1 cm³/mol. The lowest BCUT2D eigenvalue weighted by atomic mass is 10.2. The van der Waals surface area contributed by atoms with Crippen LogP contribution < -0.4 is 0 Å². The number of hydrogen-bond donors (Lipinski definition) is 1. The molecule has 1 fully saturated rings. The molecule has 1 aliphatic rings. The van der Waals surface area contributed by atoms with Crippen molar-refractivity contribution in [1.82, 2.24) is 0 Å². The van der Waals surface area contributed by atoms with Gasteiger partial charge in [0.25, 0.3) is 0 Å². The Morgan fingerprint density at radius 2 is 2.40 bits per heavy atom. The molecular weight excluding hydrogens is 200 g/mol. The van der Waals surface area contributed by atoms with Gasteiger partial charge in [0.1, 0.15) is 0 Å². The van der Waals surface area contributed by atoms with Gasteiger partial charge in [-0.3, -0.25) is 0 Å². The summed E-state index contributed by atoms with van der Waals surface area (Å²) in [5.41, 5.74) is 0. The lowest BCUT2D eigenvalue weighted by Crippen LogP contribution is -2.35. The molecule has 0 spiro atoms. The van der Waals surface area contributed by atoms with Gasteiger partial charge in [0.2, 0.25) is 0 Å². The van der Waals surface area contributed by atoms with Crippen LogP contribution in [0.5, 0.6) is 0 Å². The highest BCUT2D eigenvalue weighted by Gasteiger charge is 2.20. The predicted octanol–water partition coefficient (Wildman–Crippen LogP) is 0.505. The molecule has 0 aliphatic carbocycles. The minimum Gasteiger partial charge on any atom is -0.394 e. The smallest absolute Gasteiger partial charge is 0.167 e. The van der Waals surface area contributed by atoms with Gasteiger partial charge in [0, 0.05) is 0 Å². The number of ether oxygens (including phenoxy) is 2. The van der Waals surface area contributed by atoms with Gasteiger partial charge in [0.05, 0.1) is 24.6 Å². The Hall–Kier alpha value is 0.360. The van der Waals surface area contributed by atoms with E-state index < -0.39 is 0 Å². The second kappa shape index (κ2) is 4.28. The first kappa shape index (κ1) is 8.46. The average molecular weight is 211 g/mol. The van der Waals surface area contributed by atoms with Gasteiger partial charge in [-0.2, -0.15) is 0 Å². The van der Waals surface area contributed by atoms with Crippen LogP contribution >= 0.6 is 15.9 Å². The topological polar surface area (TPSA) is 38.7 Å². The maximum absolute atomic E-state index is 8.71. The summed E-state index contributed by atoms with van der Waals surface area (Å²) in [4.78, 5) is 0. The van der Waals surface area contributed by atoms with E-state index in [0.29, 0.717) is 11.9 Å². The highest BCUT2D eigenvalue weighted by molar-refractivity contribution is 9.09. The first-order chi connectivity index (χ1) is 4.86. The molecule has 10 heavy (non-hydrogen) atoms. The van der Waals surface area contributed by atoms with Gasteiger partial charge < -0.3 is 14.6 Å². The molecule has 0 saturated carbocycles. The molecule has 0 aromatic rings. The van der Waals surface area contributed by atoms with Gasteiger partial charge in [-0.15, -0.1) is 0 Å². The first-order valence-electron chi connectivity index (χ1n) is 3.30.